The van der Waals surface area contributed by atoms with Gasteiger partial charge in [-0.25, -0.2) is 0 Å². The lowest BCUT2D eigenvalue weighted by atomic mass is 10.1. The lowest BCUT2D eigenvalue weighted by molar-refractivity contribution is -0.140. The van der Waals surface area contributed by atoms with E-state index in [0.717, 1.165) is 35.5 Å². The summed E-state index contributed by atoms with van der Waals surface area (Å²) in [6.07, 6.45) is 1.86. The molecule has 39 heavy (non-hydrogen) atoms. The van der Waals surface area contributed by atoms with Gasteiger partial charge in [-0.3, -0.25) is 4.79 Å². The number of thioether (sulfide) groups is 1. The van der Waals surface area contributed by atoms with Crippen molar-refractivity contribution in [3.63, 3.8) is 0 Å². The van der Waals surface area contributed by atoms with Gasteiger partial charge in [0.2, 0.25) is 6.41 Å². The molecular formula is C29H35F3N4O2S. The molecule has 0 aliphatic heterocycles. The standard InChI is InChI=1S/C29H35F3N4O2S/c1-4-5-8-21(14-16-33-20-37)35-25-10-6-11-27-24(25)17-22(36(27)19-29(30,31)32)9-7-15-34-26-13-12-23(39-3)18-28(26)38-2/h6,10-13,17-18,20-21,34-35H,4-5,8,14-16,19H2,1-3H3,(H,33,37). The Kier molecular flexibility index (Phi) is 11.3. The lowest BCUT2D eigenvalue weighted by Gasteiger charge is -2.20. The lowest BCUT2D eigenvalue weighted by Crippen LogP contribution is -2.25. The maximum atomic E-state index is 13.6. The van der Waals surface area contributed by atoms with Crippen molar-refractivity contribution in [2.45, 2.75) is 56.3 Å². The molecule has 3 rings (SSSR count). The summed E-state index contributed by atoms with van der Waals surface area (Å²) in [4.78, 5) is 11.7. The number of halogens is 3. The predicted molar refractivity (Wildman–Crippen MR) is 154 cm³/mol. The number of nitrogens with one attached hydrogen (secondary N) is 3. The van der Waals surface area contributed by atoms with Crippen molar-refractivity contribution in [3.8, 4) is 17.6 Å². The Hall–Kier alpha value is -3.45. The number of rotatable bonds is 14. The number of aromatic nitrogens is 1. The first kappa shape index (κ1) is 30.1. The van der Waals surface area contributed by atoms with E-state index in [9.17, 15) is 18.0 Å². The molecule has 0 bridgehead atoms. The maximum absolute atomic E-state index is 13.6. The number of nitrogens with zero attached hydrogens (tertiary/aromatic N) is 1. The number of hydrogen-bond donors (Lipinski definition) is 3. The Morgan fingerprint density at radius 2 is 1.97 bits per heavy atom. The van der Waals surface area contributed by atoms with Gasteiger partial charge in [-0.15, -0.1) is 11.8 Å². The Balaban J connectivity index is 1.89. The average Bonchev–Trinajstić information content (AvgIpc) is 3.26. The molecule has 3 N–H and O–H groups in total. The molecule has 1 heterocycles. The smallest absolute Gasteiger partial charge is 0.406 e. The van der Waals surface area contributed by atoms with Crippen LogP contribution >= 0.6 is 11.8 Å². The molecule has 3 aromatic rings. The fraction of sp³-hybridized carbons (Fsp3) is 0.414. The van der Waals surface area contributed by atoms with Crippen molar-refractivity contribution in [3.05, 3.63) is 48.2 Å². The number of fused-ring (bicyclic) bond motifs is 1. The van der Waals surface area contributed by atoms with E-state index in [4.69, 9.17) is 4.74 Å². The molecule has 0 fully saturated rings. The van der Waals surface area contributed by atoms with E-state index < -0.39 is 12.7 Å². The molecule has 210 valence electrons. The molecule has 10 heteroatoms. The third-order valence-corrected chi connectivity index (χ3v) is 6.99. The van der Waals surface area contributed by atoms with Crippen molar-refractivity contribution >= 4 is 40.4 Å². The van der Waals surface area contributed by atoms with Crippen LogP contribution in [0, 0.1) is 11.8 Å². The first-order valence-electron chi connectivity index (χ1n) is 12.9. The van der Waals surface area contributed by atoms with Gasteiger partial charge in [0, 0.05) is 28.6 Å². The van der Waals surface area contributed by atoms with E-state index in [2.05, 4.69) is 34.7 Å². The second-order valence-electron chi connectivity index (χ2n) is 9.03. The molecule has 1 atom stereocenters. The topological polar surface area (TPSA) is 67.3 Å². The van der Waals surface area contributed by atoms with Crippen LogP contribution in [0.5, 0.6) is 5.75 Å². The van der Waals surface area contributed by atoms with E-state index in [1.165, 1.54) is 4.57 Å². The number of methoxy groups -OCH3 is 1. The number of anilines is 2. The van der Waals surface area contributed by atoms with Crippen molar-refractivity contribution in [2.75, 3.05) is 37.1 Å². The summed E-state index contributed by atoms with van der Waals surface area (Å²) in [6.45, 7) is 1.72. The van der Waals surface area contributed by atoms with E-state index in [1.54, 1.807) is 37.1 Å². The van der Waals surface area contributed by atoms with Crippen molar-refractivity contribution in [1.29, 1.82) is 0 Å². The van der Waals surface area contributed by atoms with E-state index in [0.29, 0.717) is 36.0 Å². The molecule has 0 spiro atoms. The van der Waals surface area contributed by atoms with Crippen LogP contribution in [0.15, 0.2) is 47.4 Å². The number of amides is 1. The minimum atomic E-state index is -4.40. The molecule has 2 aromatic carbocycles. The van der Waals surface area contributed by atoms with Crippen LogP contribution in [0.1, 0.15) is 38.3 Å². The molecule has 0 radical (unpaired) electrons. The summed E-state index contributed by atoms with van der Waals surface area (Å²) in [5.41, 5.74) is 2.26. The molecule has 1 amide bonds. The summed E-state index contributed by atoms with van der Waals surface area (Å²) >= 11 is 1.60. The van der Waals surface area contributed by atoms with Crippen molar-refractivity contribution < 1.29 is 22.7 Å². The number of alkyl halides is 3. The van der Waals surface area contributed by atoms with Gasteiger partial charge in [-0.1, -0.05) is 31.8 Å². The predicted octanol–water partition coefficient (Wildman–Crippen LogP) is 6.50. The highest BCUT2D eigenvalue weighted by Crippen LogP contribution is 2.31. The summed E-state index contributed by atoms with van der Waals surface area (Å²) in [7, 11) is 1.59. The van der Waals surface area contributed by atoms with Gasteiger partial charge in [0.25, 0.3) is 0 Å². The Bertz CT molecular complexity index is 1300. The fourth-order valence-corrected chi connectivity index (χ4v) is 4.79. The van der Waals surface area contributed by atoms with Crippen molar-refractivity contribution in [2.24, 2.45) is 0 Å². The quantitative estimate of drug-likeness (QED) is 0.0909. The van der Waals surface area contributed by atoms with Crippen LogP contribution < -0.4 is 20.7 Å². The van der Waals surface area contributed by atoms with E-state index in [-0.39, 0.29) is 18.3 Å². The normalized spacial score (nSPS) is 11.9. The van der Waals surface area contributed by atoms with Gasteiger partial charge < -0.3 is 25.3 Å². The minimum absolute atomic E-state index is 0.0696. The molecule has 0 saturated carbocycles. The second kappa shape index (κ2) is 14.6. The van der Waals surface area contributed by atoms with Gasteiger partial charge in [-0.05, 0) is 61.4 Å². The molecule has 0 aliphatic carbocycles. The number of ether oxygens (including phenoxy) is 1. The zero-order valence-electron chi connectivity index (χ0n) is 22.5. The summed E-state index contributed by atoms with van der Waals surface area (Å²) < 4.78 is 47.3. The van der Waals surface area contributed by atoms with Gasteiger partial charge in [0.15, 0.2) is 0 Å². The van der Waals surface area contributed by atoms with Crippen LogP contribution in [-0.2, 0) is 11.3 Å². The summed E-state index contributed by atoms with van der Waals surface area (Å²) in [5.74, 6) is 6.58. The highest BCUT2D eigenvalue weighted by Gasteiger charge is 2.30. The molecule has 0 aliphatic rings. The fourth-order valence-electron chi connectivity index (χ4n) is 4.36. The van der Waals surface area contributed by atoms with Gasteiger partial charge in [-0.2, -0.15) is 13.2 Å². The third-order valence-electron chi connectivity index (χ3n) is 6.26. The summed E-state index contributed by atoms with van der Waals surface area (Å²) in [5, 5.41) is 10.1. The van der Waals surface area contributed by atoms with Gasteiger partial charge >= 0.3 is 6.18 Å². The van der Waals surface area contributed by atoms with Crippen LogP contribution in [0.2, 0.25) is 0 Å². The van der Waals surface area contributed by atoms with Crippen LogP contribution in [0.4, 0.5) is 24.5 Å². The maximum Gasteiger partial charge on any atom is 0.406 e. The van der Waals surface area contributed by atoms with Crippen LogP contribution in [0.3, 0.4) is 0 Å². The minimum Gasteiger partial charge on any atom is -0.495 e. The van der Waals surface area contributed by atoms with Gasteiger partial charge in [0.05, 0.1) is 30.6 Å². The average molecular weight is 561 g/mol. The second-order valence-corrected chi connectivity index (χ2v) is 9.91. The van der Waals surface area contributed by atoms with E-state index in [1.807, 2.05) is 30.5 Å². The largest absolute Gasteiger partial charge is 0.495 e. The molecule has 1 unspecified atom stereocenters. The SMILES string of the molecule is CCCCC(CCNC=O)Nc1cccc2c1cc(C#CCNc1ccc(SC)cc1OC)n2CC(F)(F)F. The monoisotopic (exact) mass is 560 g/mol. The highest BCUT2D eigenvalue weighted by atomic mass is 32.2. The molecule has 0 saturated heterocycles. The van der Waals surface area contributed by atoms with Crippen LogP contribution in [-0.4, -0.2) is 49.7 Å². The molecular weight excluding hydrogens is 525 g/mol. The first-order chi connectivity index (χ1) is 18.8. The number of carbonyl (C=O) groups excluding carboxylic acids is 1. The number of unbranched alkanes of at least 4 members (excludes halogenated alkanes) is 1. The first-order valence-corrected chi connectivity index (χ1v) is 14.1. The molecule has 6 nitrogen and oxygen atoms in total. The zero-order valence-corrected chi connectivity index (χ0v) is 23.3. The molecule has 1 aromatic heterocycles. The zero-order chi connectivity index (χ0) is 28.3. The summed E-state index contributed by atoms with van der Waals surface area (Å²) in [6, 6.07) is 12.9. The van der Waals surface area contributed by atoms with Crippen LogP contribution in [0.25, 0.3) is 10.9 Å². The Labute approximate surface area is 232 Å². The van der Waals surface area contributed by atoms with Gasteiger partial charge in [0.1, 0.15) is 12.3 Å². The number of carbonyl (C=O) groups is 1. The van der Waals surface area contributed by atoms with E-state index >= 15 is 0 Å². The Morgan fingerprint density at radius 1 is 1.15 bits per heavy atom. The highest BCUT2D eigenvalue weighted by molar-refractivity contribution is 7.98. The number of hydrogen-bond acceptors (Lipinski definition) is 5. The number of benzene rings is 2. The Morgan fingerprint density at radius 3 is 2.67 bits per heavy atom. The third kappa shape index (κ3) is 8.79. The van der Waals surface area contributed by atoms with Crippen molar-refractivity contribution in [1.82, 2.24) is 9.88 Å².